The summed E-state index contributed by atoms with van der Waals surface area (Å²) in [5, 5.41) is 0. The highest BCUT2D eigenvalue weighted by Crippen LogP contribution is 2.29. The molecule has 0 unspecified atom stereocenters. The molecule has 1 aliphatic heterocycles. The number of methoxy groups -OCH3 is 1. The summed E-state index contributed by atoms with van der Waals surface area (Å²) in [5.41, 5.74) is 4.34. The third kappa shape index (κ3) is 4.61. The van der Waals surface area contributed by atoms with Crippen molar-refractivity contribution in [3.05, 3.63) is 107 Å². The van der Waals surface area contributed by atoms with Crippen molar-refractivity contribution < 1.29 is 9.53 Å². The van der Waals surface area contributed by atoms with Gasteiger partial charge < -0.3 is 9.64 Å². The van der Waals surface area contributed by atoms with Gasteiger partial charge in [0.25, 0.3) is 5.91 Å². The molecule has 4 nitrogen and oxygen atoms in total. The fourth-order valence-electron chi connectivity index (χ4n) is 4.21. The van der Waals surface area contributed by atoms with Crippen LogP contribution in [0.5, 0.6) is 0 Å². The maximum absolute atomic E-state index is 13.0. The maximum atomic E-state index is 13.0. The van der Waals surface area contributed by atoms with Crippen molar-refractivity contribution in [2.45, 2.75) is 12.6 Å². The minimum absolute atomic E-state index is 0.101. The summed E-state index contributed by atoms with van der Waals surface area (Å²) in [4.78, 5) is 17.5. The van der Waals surface area contributed by atoms with Crippen LogP contribution in [0, 0.1) is 0 Å². The zero-order valence-electron chi connectivity index (χ0n) is 17.4. The number of amides is 1. The molecule has 0 aliphatic carbocycles. The first-order valence-corrected chi connectivity index (χ1v) is 10.5. The second kappa shape index (κ2) is 9.70. The summed E-state index contributed by atoms with van der Waals surface area (Å²) in [6.45, 7) is 3.66. The number of piperazine rings is 1. The first kappa shape index (κ1) is 20.3. The van der Waals surface area contributed by atoms with Gasteiger partial charge in [-0.3, -0.25) is 9.69 Å². The molecule has 1 fully saturated rings. The molecule has 3 aromatic carbocycles. The van der Waals surface area contributed by atoms with Crippen molar-refractivity contribution in [1.82, 2.24) is 9.80 Å². The van der Waals surface area contributed by atoms with Crippen molar-refractivity contribution in [3.8, 4) is 0 Å². The van der Waals surface area contributed by atoms with E-state index in [0.717, 1.165) is 37.3 Å². The second-order valence-electron chi connectivity index (χ2n) is 7.69. The van der Waals surface area contributed by atoms with Crippen molar-refractivity contribution in [3.63, 3.8) is 0 Å². The summed E-state index contributed by atoms with van der Waals surface area (Å²) >= 11 is 0. The molecule has 3 aromatic rings. The number of carbonyl (C=O) groups excluding carboxylic acids is 1. The molecule has 154 valence electrons. The molecule has 1 amide bonds. The van der Waals surface area contributed by atoms with Crippen LogP contribution < -0.4 is 0 Å². The summed E-state index contributed by atoms with van der Waals surface area (Å²) in [6, 6.07) is 29.2. The Hall–Kier alpha value is -2.95. The Morgan fingerprint density at radius 3 is 2.00 bits per heavy atom. The average Bonchev–Trinajstić information content (AvgIpc) is 2.81. The van der Waals surface area contributed by atoms with Crippen LogP contribution in [0.4, 0.5) is 0 Å². The van der Waals surface area contributed by atoms with E-state index < -0.39 is 0 Å². The SMILES string of the molecule is COCc1cccc(C(=O)N2CCN(C(c3ccccc3)c3ccccc3)CC2)c1. The zero-order valence-corrected chi connectivity index (χ0v) is 17.4. The number of hydrogen-bond acceptors (Lipinski definition) is 3. The van der Waals surface area contributed by atoms with Crippen LogP contribution in [0.15, 0.2) is 84.9 Å². The molecule has 1 aliphatic rings. The van der Waals surface area contributed by atoms with Gasteiger partial charge in [0.05, 0.1) is 12.6 Å². The highest BCUT2D eigenvalue weighted by molar-refractivity contribution is 5.94. The summed E-state index contributed by atoms with van der Waals surface area (Å²) in [7, 11) is 1.67. The molecule has 4 heteroatoms. The summed E-state index contributed by atoms with van der Waals surface area (Å²) < 4.78 is 5.20. The van der Waals surface area contributed by atoms with E-state index in [1.165, 1.54) is 11.1 Å². The number of nitrogens with zero attached hydrogens (tertiary/aromatic N) is 2. The zero-order chi connectivity index (χ0) is 20.8. The minimum Gasteiger partial charge on any atom is -0.380 e. The fraction of sp³-hybridized carbons (Fsp3) is 0.269. The van der Waals surface area contributed by atoms with Crippen LogP contribution >= 0.6 is 0 Å². The topological polar surface area (TPSA) is 32.8 Å². The lowest BCUT2D eigenvalue weighted by Gasteiger charge is -2.39. The molecule has 0 bridgehead atoms. The Balaban J connectivity index is 1.48. The molecule has 30 heavy (non-hydrogen) atoms. The monoisotopic (exact) mass is 400 g/mol. The number of hydrogen-bond donors (Lipinski definition) is 0. The van der Waals surface area contributed by atoms with Crippen LogP contribution in [0.1, 0.15) is 33.1 Å². The lowest BCUT2D eigenvalue weighted by molar-refractivity contribution is 0.0597. The van der Waals surface area contributed by atoms with E-state index in [-0.39, 0.29) is 11.9 Å². The van der Waals surface area contributed by atoms with Gasteiger partial charge in [0.15, 0.2) is 0 Å². The number of ether oxygens (including phenoxy) is 1. The highest BCUT2D eigenvalue weighted by Gasteiger charge is 2.28. The van der Waals surface area contributed by atoms with Gasteiger partial charge in [-0.25, -0.2) is 0 Å². The first-order valence-electron chi connectivity index (χ1n) is 10.5. The molecule has 1 saturated heterocycles. The van der Waals surface area contributed by atoms with Gasteiger partial charge >= 0.3 is 0 Å². The Bertz CT molecular complexity index is 912. The molecule has 0 N–H and O–H groups in total. The Morgan fingerprint density at radius 2 is 1.43 bits per heavy atom. The Morgan fingerprint density at radius 1 is 0.833 bits per heavy atom. The highest BCUT2D eigenvalue weighted by atomic mass is 16.5. The van der Waals surface area contributed by atoms with Crippen molar-refractivity contribution in [1.29, 1.82) is 0 Å². The van der Waals surface area contributed by atoms with Crippen LogP contribution in [0.3, 0.4) is 0 Å². The van der Waals surface area contributed by atoms with Gasteiger partial charge in [-0.05, 0) is 28.8 Å². The average molecular weight is 401 g/mol. The Kier molecular flexibility index (Phi) is 6.57. The van der Waals surface area contributed by atoms with Crippen molar-refractivity contribution >= 4 is 5.91 Å². The molecule has 0 atom stereocenters. The van der Waals surface area contributed by atoms with Crippen molar-refractivity contribution in [2.24, 2.45) is 0 Å². The van der Waals surface area contributed by atoms with E-state index in [9.17, 15) is 4.79 Å². The van der Waals surface area contributed by atoms with Gasteiger partial charge in [0.1, 0.15) is 0 Å². The van der Waals surface area contributed by atoms with E-state index in [4.69, 9.17) is 4.74 Å². The van der Waals surface area contributed by atoms with Crippen LogP contribution in [-0.4, -0.2) is 49.0 Å². The van der Waals surface area contributed by atoms with E-state index in [1.807, 2.05) is 29.2 Å². The molecule has 1 heterocycles. The predicted octanol–water partition coefficient (Wildman–Crippen LogP) is 4.38. The molecule has 0 spiro atoms. The standard InChI is InChI=1S/C26H28N2O2/c1-30-20-21-9-8-14-24(19-21)26(29)28-17-15-27(16-18-28)25(22-10-4-2-5-11-22)23-12-6-3-7-13-23/h2-14,19,25H,15-18,20H2,1H3. The number of rotatable bonds is 6. The van der Waals surface area contributed by atoms with Crippen molar-refractivity contribution in [2.75, 3.05) is 33.3 Å². The molecule has 4 rings (SSSR count). The number of benzene rings is 3. The van der Waals surface area contributed by atoms with E-state index in [2.05, 4.69) is 65.6 Å². The van der Waals surface area contributed by atoms with Gasteiger partial charge in [-0.1, -0.05) is 72.8 Å². The Labute approximate surface area is 178 Å². The van der Waals surface area contributed by atoms with Gasteiger partial charge in [0, 0.05) is 38.9 Å². The maximum Gasteiger partial charge on any atom is 0.253 e. The van der Waals surface area contributed by atoms with Crippen LogP contribution in [0.25, 0.3) is 0 Å². The van der Waals surface area contributed by atoms with E-state index in [1.54, 1.807) is 7.11 Å². The number of carbonyl (C=O) groups is 1. The van der Waals surface area contributed by atoms with Gasteiger partial charge in [0.2, 0.25) is 0 Å². The third-order valence-electron chi connectivity index (χ3n) is 5.68. The lowest BCUT2D eigenvalue weighted by atomic mass is 9.96. The first-order chi connectivity index (χ1) is 14.8. The summed E-state index contributed by atoms with van der Waals surface area (Å²) in [6.07, 6.45) is 0. The third-order valence-corrected chi connectivity index (χ3v) is 5.68. The van der Waals surface area contributed by atoms with Gasteiger partial charge in [-0.2, -0.15) is 0 Å². The minimum atomic E-state index is 0.101. The quantitative estimate of drug-likeness (QED) is 0.616. The molecule has 0 radical (unpaired) electrons. The van der Waals surface area contributed by atoms with E-state index in [0.29, 0.717) is 6.61 Å². The van der Waals surface area contributed by atoms with Crippen LogP contribution in [-0.2, 0) is 11.3 Å². The molecular weight excluding hydrogens is 372 g/mol. The lowest BCUT2D eigenvalue weighted by Crippen LogP contribution is -2.49. The van der Waals surface area contributed by atoms with Gasteiger partial charge in [-0.15, -0.1) is 0 Å². The summed E-state index contributed by atoms with van der Waals surface area (Å²) in [5.74, 6) is 0.101. The molecular formula is C26H28N2O2. The molecule has 0 saturated carbocycles. The van der Waals surface area contributed by atoms with E-state index >= 15 is 0 Å². The fourth-order valence-corrected chi connectivity index (χ4v) is 4.21. The molecule has 0 aromatic heterocycles. The predicted molar refractivity (Wildman–Crippen MR) is 119 cm³/mol. The normalized spacial score (nSPS) is 14.8. The largest absolute Gasteiger partial charge is 0.380 e. The smallest absolute Gasteiger partial charge is 0.253 e. The van der Waals surface area contributed by atoms with Crippen LogP contribution in [0.2, 0.25) is 0 Å². The second-order valence-corrected chi connectivity index (χ2v) is 7.69.